The van der Waals surface area contributed by atoms with Gasteiger partial charge >= 0.3 is 5.88 Å². The van der Waals surface area contributed by atoms with Crippen molar-refractivity contribution in [2.45, 2.75) is 4.90 Å². The molecule has 0 bridgehead atoms. The Labute approximate surface area is 106 Å². The molecule has 0 aromatic heterocycles. The Hall–Kier alpha value is -1.89. The molecule has 0 atom stereocenters. The summed E-state index contributed by atoms with van der Waals surface area (Å²) in [4.78, 5) is 11.1. The van der Waals surface area contributed by atoms with Gasteiger partial charge < -0.3 is 4.90 Å². The third-order valence-electron chi connectivity index (χ3n) is 2.35. The van der Waals surface area contributed by atoms with Crippen molar-refractivity contribution in [1.29, 1.82) is 0 Å². The summed E-state index contributed by atoms with van der Waals surface area (Å²) in [5.74, 6) is -1.12. The number of rotatable bonds is 5. The van der Waals surface area contributed by atoms with Crippen LogP contribution in [0.5, 0.6) is 0 Å². The Kier molecular flexibility index (Phi) is 4.07. The SMILES string of the molecule is C=C(c1ccccc1S(=O)(=O)C[N+](=O)[O-])N(C)C. The molecule has 98 valence electrons. The number of sulfone groups is 1. The van der Waals surface area contributed by atoms with Gasteiger partial charge in [-0.15, -0.1) is 0 Å². The molecule has 0 radical (unpaired) electrons. The Balaban J connectivity index is 3.34. The van der Waals surface area contributed by atoms with E-state index in [1.807, 2.05) is 0 Å². The van der Waals surface area contributed by atoms with E-state index in [1.54, 1.807) is 31.1 Å². The second-order valence-electron chi connectivity index (χ2n) is 3.91. The number of nitro groups is 1. The van der Waals surface area contributed by atoms with E-state index in [-0.39, 0.29) is 4.90 Å². The molecule has 0 saturated carbocycles. The zero-order valence-corrected chi connectivity index (χ0v) is 11.0. The largest absolute Gasteiger partial charge is 0.378 e. The first-order valence-corrected chi connectivity index (χ1v) is 6.71. The lowest BCUT2D eigenvalue weighted by atomic mass is 10.1. The van der Waals surface area contributed by atoms with E-state index in [2.05, 4.69) is 6.58 Å². The van der Waals surface area contributed by atoms with Gasteiger partial charge in [0.05, 0.1) is 4.90 Å². The Morgan fingerprint density at radius 1 is 1.39 bits per heavy atom. The highest BCUT2D eigenvalue weighted by molar-refractivity contribution is 7.91. The Bertz CT molecular complexity index is 578. The molecule has 0 fully saturated rings. The summed E-state index contributed by atoms with van der Waals surface area (Å²) < 4.78 is 23.8. The molecule has 1 aromatic carbocycles. The molecule has 0 saturated heterocycles. The number of benzene rings is 1. The van der Waals surface area contributed by atoms with Crippen LogP contribution in [0.4, 0.5) is 0 Å². The first-order valence-electron chi connectivity index (χ1n) is 5.06. The summed E-state index contributed by atoms with van der Waals surface area (Å²) in [6.07, 6.45) is 0. The molecule has 0 aliphatic carbocycles. The Morgan fingerprint density at radius 2 is 1.94 bits per heavy atom. The number of nitrogens with zero attached hydrogens (tertiary/aromatic N) is 2. The van der Waals surface area contributed by atoms with E-state index in [0.717, 1.165) is 0 Å². The van der Waals surface area contributed by atoms with Gasteiger partial charge in [-0.05, 0) is 6.07 Å². The van der Waals surface area contributed by atoms with Crippen LogP contribution in [-0.2, 0) is 9.84 Å². The molecular formula is C11H14N2O4S. The summed E-state index contributed by atoms with van der Waals surface area (Å²) in [6, 6.07) is 6.12. The predicted molar refractivity (Wildman–Crippen MR) is 68.2 cm³/mol. The molecule has 0 unspecified atom stereocenters. The average molecular weight is 270 g/mol. The lowest BCUT2D eigenvalue weighted by Crippen LogP contribution is -2.18. The first-order chi connectivity index (χ1) is 8.25. The molecule has 0 heterocycles. The maximum Gasteiger partial charge on any atom is 0.305 e. The minimum absolute atomic E-state index is 0.0691. The van der Waals surface area contributed by atoms with E-state index in [4.69, 9.17) is 0 Å². The zero-order chi connectivity index (χ0) is 13.9. The average Bonchev–Trinajstić information content (AvgIpc) is 2.26. The molecule has 1 aromatic rings. The van der Waals surface area contributed by atoms with Gasteiger partial charge in [0.1, 0.15) is 0 Å². The fraction of sp³-hybridized carbons (Fsp3) is 0.273. The van der Waals surface area contributed by atoms with Gasteiger partial charge in [-0.1, -0.05) is 24.8 Å². The summed E-state index contributed by atoms with van der Waals surface area (Å²) in [6.45, 7) is 3.77. The summed E-state index contributed by atoms with van der Waals surface area (Å²) >= 11 is 0. The van der Waals surface area contributed by atoms with Crippen molar-refractivity contribution in [3.63, 3.8) is 0 Å². The molecule has 0 N–H and O–H groups in total. The standard InChI is InChI=1S/C11H14N2O4S/c1-9(12(2)3)10-6-4-5-7-11(10)18(16,17)8-13(14)15/h4-7H,1,8H2,2-3H3. The highest BCUT2D eigenvalue weighted by atomic mass is 32.2. The third-order valence-corrected chi connectivity index (χ3v) is 3.93. The highest BCUT2D eigenvalue weighted by Crippen LogP contribution is 2.24. The van der Waals surface area contributed by atoms with Gasteiger partial charge in [0, 0.05) is 30.3 Å². The van der Waals surface area contributed by atoms with Crippen LogP contribution in [0.3, 0.4) is 0 Å². The van der Waals surface area contributed by atoms with Crippen molar-refractivity contribution in [3.8, 4) is 0 Å². The summed E-state index contributed by atoms with van der Waals surface area (Å²) in [5, 5.41) is 10.4. The van der Waals surface area contributed by atoms with Crippen molar-refractivity contribution in [2.75, 3.05) is 20.0 Å². The van der Waals surface area contributed by atoms with Crippen LogP contribution < -0.4 is 0 Å². The van der Waals surface area contributed by atoms with Gasteiger partial charge in [0.15, 0.2) is 0 Å². The Morgan fingerprint density at radius 3 is 2.44 bits per heavy atom. The highest BCUT2D eigenvalue weighted by Gasteiger charge is 2.25. The molecule has 0 aliphatic rings. The second-order valence-corrected chi connectivity index (χ2v) is 5.84. The van der Waals surface area contributed by atoms with E-state index in [9.17, 15) is 18.5 Å². The lowest BCUT2D eigenvalue weighted by molar-refractivity contribution is -0.458. The molecular weight excluding hydrogens is 256 g/mol. The first kappa shape index (κ1) is 14.2. The van der Waals surface area contributed by atoms with Gasteiger partial charge in [-0.25, -0.2) is 8.42 Å². The maximum atomic E-state index is 11.9. The van der Waals surface area contributed by atoms with Crippen LogP contribution in [0.25, 0.3) is 5.70 Å². The molecule has 0 amide bonds. The quantitative estimate of drug-likeness (QED) is 0.593. The van der Waals surface area contributed by atoms with Crippen LogP contribution in [-0.4, -0.2) is 38.2 Å². The van der Waals surface area contributed by atoms with Gasteiger partial charge in [-0.3, -0.25) is 10.1 Å². The van der Waals surface area contributed by atoms with Crippen molar-refractivity contribution < 1.29 is 13.3 Å². The van der Waals surface area contributed by atoms with Gasteiger partial charge in [0.25, 0.3) is 0 Å². The van der Waals surface area contributed by atoms with Gasteiger partial charge in [0.2, 0.25) is 9.84 Å². The zero-order valence-electron chi connectivity index (χ0n) is 10.2. The number of hydrogen-bond acceptors (Lipinski definition) is 5. The lowest BCUT2D eigenvalue weighted by Gasteiger charge is -2.18. The van der Waals surface area contributed by atoms with Crippen molar-refractivity contribution >= 4 is 15.5 Å². The summed E-state index contributed by atoms with van der Waals surface area (Å²) in [5.41, 5.74) is 0.863. The van der Waals surface area contributed by atoms with Crippen LogP contribution in [0, 0.1) is 10.1 Å². The molecule has 18 heavy (non-hydrogen) atoms. The smallest absolute Gasteiger partial charge is 0.305 e. The fourth-order valence-electron chi connectivity index (χ4n) is 1.43. The van der Waals surface area contributed by atoms with Crippen molar-refractivity contribution in [3.05, 3.63) is 46.5 Å². The maximum absolute atomic E-state index is 11.9. The van der Waals surface area contributed by atoms with Crippen LogP contribution >= 0.6 is 0 Å². The topological polar surface area (TPSA) is 80.5 Å². The second kappa shape index (κ2) is 5.18. The van der Waals surface area contributed by atoms with E-state index >= 15 is 0 Å². The molecule has 7 heteroatoms. The number of hydrogen-bond donors (Lipinski definition) is 0. The predicted octanol–water partition coefficient (Wildman–Crippen LogP) is 1.23. The van der Waals surface area contributed by atoms with Crippen LogP contribution in [0.15, 0.2) is 35.7 Å². The van der Waals surface area contributed by atoms with E-state index in [0.29, 0.717) is 11.3 Å². The monoisotopic (exact) mass is 270 g/mol. The summed E-state index contributed by atoms with van der Waals surface area (Å²) in [7, 11) is -0.512. The van der Waals surface area contributed by atoms with Crippen molar-refractivity contribution in [1.82, 2.24) is 4.90 Å². The van der Waals surface area contributed by atoms with Gasteiger partial charge in [-0.2, -0.15) is 0 Å². The van der Waals surface area contributed by atoms with Crippen molar-refractivity contribution in [2.24, 2.45) is 0 Å². The third kappa shape index (κ3) is 3.07. The van der Waals surface area contributed by atoms with Crippen LogP contribution in [0.1, 0.15) is 5.56 Å². The normalized spacial score (nSPS) is 11.0. The minimum Gasteiger partial charge on any atom is -0.378 e. The molecule has 0 aliphatic heterocycles. The minimum atomic E-state index is -3.96. The van der Waals surface area contributed by atoms with E-state index in [1.165, 1.54) is 12.1 Å². The molecule has 6 nitrogen and oxygen atoms in total. The van der Waals surface area contributed by atoms with Crippen LogP contribution in [0.2, 0.25) is 0 Å². The fourth-order valence-corrected chi connectivity index (χ4v) is 2.65. The molecule has 1 rings (SSSR count). The molecule has 0 spiro atoms. The van der Waals surface area contributed by atoms with E-state index < -0.39 is 20.6 Å².